The van der Waals surface area contributed by atoms with Gasteiger partial charge >= 0.3 is 0 Å². The van der Waals surface area contributed by atoms with Crippen molar-refractivity contribution in [3.8, 4) is 0 Å². The summed E-state index contributed by atoms with van der Waals surface area (Å²) >= 11 is 1.70. The van der Waals surface area contributed by atoms with Crippen LogP contribution in [0.5, 0.6) is 0 Å². The number of thiophene rings is 1. The van der Waals surface area contributed by atoms with Gasteiger partial charge in [0.1, 0.15) is 0 Å². The van der Waals surface area contributed by atoms with Crippen molar-refractivity contribution in [2.24, 2.45) is 0 Å². The zero-order valence-corrected chi connectivity index (χ0v) is 11.3. The van der Waals surface area contributed by atoms with E-state index >= 15 is 0 Å². The number of hydrogen-bond acceptors (Lipinski definition) is 5. The van der Waals surface area contributed by atoms with Crippen LogP contribution in [0.4, 0.5) is 0 Å². The molecular weight excluding hydrogens is 248 g/mol. The molecule has 0 radical (unpaired) electrons. The monoisotopic (exact) mass is 266 g/mol. The Balaban J connectivity index is 2.04. The van der Waals surface area contributed by atoms with Gasteiger partial charge in [-0.15, -0.1) is 11.3 Å². The quantitative estimate of drug-likeness (QED) is 0.829. The maximum absolute atomic E-state index is 9.06. The molecule has 2 aromatic heterocycles. The minimum absolute atomic E-state index is 0.165. The highest BCUT2D eigenvalue weighted by Crippen LogP contribution is 2.20. The standard InChI is InChI=1S/C13H18N2O2S/c1-17-6-4-15(3-5-16)10-11-8-13-12(14-9-11)2-7-18-13/h2,7-9,16H,3-6,10H2,1H3. The fraction of sp³-hybridized carbons (Fsp3) is 0.462. The van der Waals surface area contributed by atoms with Crippen LogP contribution in [0, 0.1) is 0 Å². The van der Waals surface area contributed by atoms with Crippen LogP contribution in [0.1, 0.15) is 5.56 Å². The highest BCUT2D eigenvalue weighted by atomic mass is 32.1. The summed E-state index contributed by atoms with van der Waals surface area (Å²) in [5.41, 5.74) is 2.23. The summed E-state index contributed by atoms with van der Waals surface area (Å²) in [4.78, 5) is 6.59. The van der Waals surface area contributed by atoms with E-state index in [9.17, 15) is 0 Å². The number of rotatable bonds is 7. The van der Waals surface area contributed by atoms with Crippen molar-refractivity contribution in [3.63, 3.8) is 0 Å². The second kappa shape index (κ2) is 6.80. The van der Waals surface area contributed by atoms with E-state index in [2.05, 4.69) is 21.3 Å². The molecule has 2 rings (SSSR count). The largest absolute Gasteiger partial charge is 0.395 e. The smallest absolute Gasteiger partial charge is 0.0809 e. The first-order valence-electron chi connectivity index (χ1n) is 5.98. The Hall–Kier alpha value is -1.01. The highest BCUT2D eigenvalue weighted by molar-refractivity contribution is 7.17. The van der Waals surface area contributed by atoms with Crippen LogP contribution in [-0.4, -0.2) is 48.4 Å². The van der Waals surface area contributed by atoms with Gasteiger partial charge in [0.2, 0.25) is 0 Å². The molecule has 4 nitrogen and oxygen atoms in total. The average Bonchev–Trinajstić information content (AvgIpc) is 2.83. The third kappa shape index (κ3) is 3.49. The number of fused-ring (bicyclic) bond motifs is 1. The van der Waals surface area contributed by atoms with Gasteiger partial charge in [-0.25, -0.2) is 0 Å². The van der Waals surface area contributed by atoms with E-state index in [1.54, 1.807) is 18.4 Å². The molecule has 0 aliphatic rings. The molecule has 5 heteroatoms. The molecule has 0 aliphatic carbocycles. The second-order valence-corrected chi connectivity index (χ2v) is 5.09. The predicted molar refractivity (Wildman–Crippen MR) is 73.9 cm³/mol. The summed E-state index contributed by atoms with van der Waals surface area (Å²) in [7, 11) is 1.69. The lowest BCUT2D eigenvalue weighted by Gasteiger charge is -2.20. The molecule has 18 heavy (non-hydrogen) atoms. The van der Waals surface area contributed by atoms with Crippen molar-refractivity contribution in [3.05, 3.63) is 29.3 Å². The molecule has 1 N–H and O–H groups in total. The molecule has 0 bridgehead atoms. The van der Waals surface area contributed by atoms with Crippen LogP contribution >= 0.6 is 11.3 Å². The maximum atomic E-state index is 9.06. The molecular formula is C13H18N2O2S. The topological polar surface area (TPSA) is 45.6 Å². The van der Waals surface area contributed by atoms with Crippen molar-refractivity contribution in [2.75, 3.05) is 33.4 Å². The van der Waals surface area contributed by atoms with Gasteiger partial charge in [0.05, 0.1) is 23.4 Å². The molecule has 0 saturated carbocycles. The molecule has 2 heterocycles. The van der Waals surface area contributed by atoms with Crippen LogP contribution < -0.4 is 0 Å². The Labute approximate surface area is 111 Å². The van der Waals surface area contributed by atoms with Gasteiger partial charge in [-0.1, -0.05) is 0 Å². The van der Waals surface area contributed by atoms with E-state index in [0.29, 0.717) is 13.2 Å². The zero-order valence-electron chi connectivity index (χ0n) is 10.5. The number of ether oxygens (including phenoxy) is 1. The SMILES string of the molecule is COCCN(CCO)Cc1cnc2ccsc2c1. The summed E-state index contributed by atoms with van der Waals surface area (Å²) in [6.45, 7) is 3.11. The van der Waals surface area contributed by atoms with E-state index in [-0.39, 0.29) is 6.61 Å². The third-order valence-electron chi connectivity index (χ3n) is 2.79. The lowest BCUT2D eigenvalue weighted by molar-refractivity contribution is 0.127. The first-order valence-corrected chi connectivity index (χ1v) is 6.85. The molecule has 2 aromatic rings. The fourth-order valence-electron chi connectivity index (χ4n) is 1.86. The first-order chi connectivity index (χ1) is 8.83. The summed E-state index contributed by atoms with van der Waals surface area (Å²) in [5, 5.41) is 11.1. The van der Waals surface area contributed by atoms with E-state index in [4.69, 9.17) is 9.84 Å². The molecule has 0 unspecified atom stereocenters. The molecule has 0 amide bonds. The van der Waals surface area contributed by atoms with Crippen molar-refractivity contribution in [1.82, 2.24) is 9.88 Å². The van der Waals surface area contributed by atoms with Gasteiger partial charge in [-0.2, -0.15) is 0 Å². The summed E-state index contributed by atoms with van der Waals surface area (Å²) in [5.74, 6) is 0. The fourth-order valence-corrected chi connectivity index (χ4v) is 2.67. The van der Waals surface area contributed by atoms with E-state index in [1.165, 1.54) is 10.3 Å². The number of aliphatic hydroxyl groups excluding tert-OH is 1. The Morgan fingerprint density at radius 1 is 1.44 bits per heavy atom. The molecule has 0 spiro atoms. The molecule has 0 atom stereocenters. The normalized spacial score (nSPS) is 11.5. The van der Waals surface area contributed by atoms with Gasteiger partial charge in [0.15, 0.2) is 0 Å². The second-order valence-electron chi connectivity index (χ2n) is 4.14. The van der Waals surface area contributed by atoms with Crippen molar-refractivity contribution >= 4 is 21.6 Å². The van der Waals surface area contributed by atoms with Crippen LogP contribution in [-0.2, 0) is 11.3 Å². The molecule has 0 saturated heterocycles. The molecule has 98 valence electrons. The van der Waals surface area contributed by atoms with E-state index in [0.717, 1.165) is 18.6 Å². The lowest BCUT2D eigenvalue weighted by Crippen LogP contribution is -2.29. The van der Waals surface area contributed by atoms with Gasteiger partial charge in [0.25, 0.3) is 0 Å². The van der Waals surface area contributed by atoms with Crippen molar-refractivity contribution in [1.29, 1.82) is 0 Å². The number of pyridine rings is 1. The van der Waals surface area contributed by atoms with Gasteiger partial charge in [-0.05, 0) is 23.1 Å². The predicted octanol–water partition coefficient (Wildman–Crippen LogP) is 1.74. The Morgan fingerprint density at radius 3 is 3.11 bits per heavy atom. The first kappa shape index (κ1) is 13.4. The minimum atomic E-state index is 0.165. The van der Waals surface area contributed by atoms with Crippen LogP contribution in [0.25, 0.3) is 10.2 Å². The van der Waals surface area contributed by atoms with Crippen LogP contribution in [0.3, 0.4) is 0 Å². The van der Waals surface area contributed by atoms with Gasteiger partial charge < -0.3 is 9.84 Å². The number of nitrogens with zero attached hydrogens (tertiary/aromatic N) is 2. The third-order valence-corrected chi connectivity index (χ3v) is 3.65. The van der Waals surface area contributed by atoms with Crippen LogP contribution in [0.15, 0.2) is 23.7 Å². The average molecular weight is 266 g/mol. The molecule has 0 fully saturated rings. The zero-order chi connectivity index (χ0) is 12.8. The lowest BCUT2D eigenvalue weighted by atomic mass is 10.2. The molecule has 0 aliphatic heterocycles. The van der Waals surface area contributed by atoms with Gasteiger partial charge in [0, 0.05) is 32.9 Å². The van der Waals surface area contributed by atoms with Gasteiger partial charge in [-0.3, -0.25) is 9.88 Å². The van der Waals surface area contributed by atoms with Crippen molar-refractivity contribution in [2.45, 2.75) is 6.54 Å². The summed E-state index contributed by atoms with van der Waals surface area (Å²) < 4.78 is 6.29. The van der Waals surface area contributed by atoms with Crippen molar-refractivity contribution < 1.29 is 9.84 Å². The van der Waals surface area contributed by atoms with Crippen LogP contribution in [0.2, 0.25) is 0 Å². The van der Waals surface area contributed by atoms with E-state index in [1.807, 2.05) is 12.3 Å². The Bertz CT molecular complexity index is 487. The highest BCUT2D eigenvalue weighted by Gasteiger charge is 2.06. The summed E-state index contributed by atoms with van der Waals surface area (Å²) in [6, 6.07) is 4.20. The molecule has 0 aromatic carbocycles. The Kier molecular flexibility index (Phi) is 5.07. The Morgan fingerprint density at radius 2 is 2.33 bits per heavy atom. The number of hydrogen-bond donors (Lipinski definition) is 1. The summed E-state index contributed by atoms with van der Waals surface area (Å²) in [6.07, 6.45) is 1.91. The number of aromatic nitrogens is 1. The van der Waals surface area contributed by atoms with E-state index < -0.39 is 0 Å². The minimum Gasteiger partial charge on any atom is -0.395 e. The number of aliphatic hydroxyl groups is 1. The number of methoxy groups -OCH3 is 1. The maximum Gasteiger partial charge on any atom is 0.0809 e.